The zero-order valence-electron chi connectivity index (χ0n) is 13.7. The molecule has 0 aliphatic carbocycles. The topological polar surface area (TPSA) is 38.1 Å². The second-order valence-electron chi connectivity index (χ2n) is 6.50. The quantitative estimate of drug-likeness (QED) is 0.734. The Bertz CT molecular complexity index is 940. The summed E-state index contributed by atoms with van der Waals surface area (Å²) in [6.45, 7) is 0.962. The van der Waals surface area contributed by atoms with E-state index in [-0.39, 0.29) is 5.92 Å². The molecule has 0 unspecified atom stereocenters. The standard InChI is InChI=1S/C19H17F2N3O/c1-23-8-6-13-5-7-22-16(18(13)23)9-12-10-24(11-12)19(25)17-14(20)3-2-4-15(17)21/h2-8,12H,9-11H2,1H3. The maximum absolute atomic E-state index is 13.7. The molecule has 1 fully saturated rings. The lowest BCUT2D eigenvalue weighted by atomic mass is 9.93. The van der Waals surface area contributed by atoms with Crippen LogP contribution in [0.4, 0.5) is 8.78 Å². The number of amides is 1. The van der Waals surface area contributed by atoms with Gasteiger partial charge in [0.15, 0.2) is 0 Å². The van der Waals surface area contributed by atoms with Gasteiger partial charge in [-0.05, 0) is 36.6 Å². The first kappa shape index (κ1) is 15.7. The van der Waals surface area contributed by atoms with Gasteiger partial charge in [-0.2, -0.15) is 0 Å². The third-order valence-corrected chi connectivity index (χ3v) is 4.76. The normalized spacial score (nSPS) is 14.8. The molecule has 25 heavy (non-hydrogen) atoms. The van der Waals surface area contributed by atoms with Crippen LogP contribution in [0.3, 0.4) is 0 Å². The highest BCUT2D eigenvalue weighted by Crippen LogP contribution is 2.26. The Balaban J connectivity index is 1.47. The second kappa shape index (κ2) is 5.95. The van der Waals surface area contributed by atoms with Crippen molar-refractivity contribution in [2.75, 3.05) is 13.1 Å². The Hall–Kier alpha value is -2.76. The van der Waals surface area contributed by atoms with Crippen LogP contribution in [-0.4, -0.2) is 33.4 Å². The summed E-state index contributed by atoms with van der Waals surface area (Å²) in [5.41, 5.74) is 1.61. The number of pyridine rings is 1. The van der Waals surface area contributed by atoms with E-state index in [0.29, 0.717) is 13.1 Å². The molecule has 6 heteroatoms. The van der Waals surface area contributed by atoms with Crippen LogP contribution in [-0.2, 0) is 13.5 Å². The summed E-state index contributed by atoms with van der Waals surface area (Å²) in [7, 11) is 1.98. The van der Waals surface area contributed by atoms with Crippen LogP contribution in [0.15, 0.2) is 42.7 Å². The fourth-order valence-corrected chi connectivity index (χ4v) is 3.47. The molecule has 3 heterocycles. The van der Waals surface area contributed by atoms with Crippen molar-refractivity contribution in [3.05, 3.63) is 65.6 Å². The van der Waals surface area contributed by atoms with Gasteiger partial charge in [0.1, 0.15) is 17.2 Å². The number of aryl methyl sites for hydroxylation is 1. The summed E-state index contributed by atoms with van der Waals surface area (Å²) < 4.78 is 29.5. The zero-order chi connectivity index (χ0) is 17.6. The molecule has 0 bridgehead atoms. The van der Waals surface area contributed by atoms with Gasteiger partial charge >= 0.3 is 0 Å². The summed E-state index contributed by atoms with van der Waals surface area (Å²) >= 11 is 0. The summed E-state index contributed by atoms with van der Waals surface area (Å²) in [6, 6.07) is 7.47. The van der Waals surface area contributed by atoms with E-state index >= 15 is 0 Å². The van der Waals surface area contributed by atoms with E-state index in [1.54, 1.807) is 6.20 Å². The molecule has 1 saturated heterocycles. The number of halogens is 2. The fourth-order valence-electron chi connectivity index (χ4n) is 3.47. The average molecular weight is 341 g/mol. The Labute approximate surface area is 143 Å². The number of hydrogen-bond acceptors (Lipinski definition) is 2. The number of fused-ring (bicyclic) bond motifs is 1. The number of hydrogen-bond donors (Lipinski definition) is 0. The molecule has 1 aromatic carbocycles. The number of likely N-dealkylation sites (tertiary alicyclic amines) is 1. The number of carbonyl (C=O) groups is 1. The van der Waals surface area contributed by atoms with Gasteiger partial charge in [-0.3, -0.25) is 9.78 Å². The smallest absolute Gasteiger partial charge is 0.259 e. The summed E-state index contributed by atoms with van der Waals surface area (Å²) in [5, 5.41) is 1.13. The highest BCUT2D eigenvalue weighted by molar-refractivity contribution is 5.95. The molecule has 4 nitrogen and oxygen atoms in total. The van der Waals surface area contributed by atoms with E-state index < -0.39 is 23.1 Å². The molecule has 4 rings (SSSR count). The minimum absolute atomic E-state index is 0.242. The molecular formula is C19H17F2N3O. The molecule has 0 atom stereocenters. The van der Waals surface area contributed by atoms with Crippen LogP contribution < -0.4 is 0 Å². The predicted octanol–water partition coefficient (Wildman–Crippen LogP) is 3.17. The first-order valence-electron chi connectivity index (χ1n) is 8.17. The van der Waals surface area contributed by atoms with Crippen LogP contribution in [0.25, 0.3) is 10.9 Å². The van der Waals surface area contributed by atoms with Gasteiger partial charge in [0.2, 0.25) is 0 Å². The number of nitrogens with zero attached hydrogens (tertiary/aromatic N) is 3. The lowest BCUT2D eigenvalue weighted by Crippen LogP contribution is -2.51. The Morgan fingerprint density at radius 3 is 2.64 bits per heavy atom. The zero-order valence-corrected chi connectivity index (χ0v) is 13.7. The Morgan fingerprint density at radius 2 is 1.92 bits per heavy atom. The summed E-state index contributed by atoms with van der Waals surface area (Å²) in [6.07, 6.45) is 4.51. The van der Waals surface area contributed by atoms with E-state index in [1.165, 1.54) is 11.0 Å². The van der Waals surface area contributed by atoms with Crippen molar-refractivity contribution in [3.8, 4) is 0 Å². The highest BCUT2D eigenvalue weighted by Gasteiger charge is 2.34. The van der Waals surface area contributed by atoms with E-state index in [4.69, 9.17) is 0 Å². The van der Waals surface area contributed by atoms with Crippen molar-refractivity contribution < 1.29 is 13.6 Å². The van der Waals surface area contributed by atoms with Crippen molar-refractivity contribution in [2.45, 2.75) is 6.42 Å². The maximum atomic E-state index is 13.7. The molecule has 3 aromatic rings. The van der Waals surface area contributed by atoms with Gasteiger partial charge in [0.25, 0.3) is 5.91 Å². The molecule has 1 amide bonds. The first-order chi connectivity index (χ1) is 12.0. The molecular weight excluding hydrogens is 324 g/mol. The third-order valence-electron chi connectivity index (χ3n) is 4.76. The highest BCUT2D eigenvalue weighted by atomic mass is 19.1. The monoisotopic (exact) mass is 341 g/mol. The Morgan fingerprint density at radius 1 is 1.20 bits per heavy atom. The summed E-state index contributed by atoms with van der Waals surface area (Å²) in [5.74, 6) is -1.98. The number of rotatable bonds is 3. The molecule has 0 radical (unpaired) electrons. The van der Waals surface area contributed by atoms with Crippen molar-refractivity contribution in [1.82, 2.24) is 14.5 Å². The number of benzene rings is 1. The van der Waals surface area contributed by atoms with Crippen LogP contribution in [0.5, 0.6) is 0 Å². The fraction of sp³-hybridized carbons (Fsp3) is 0.263. The molecule has 2 aromatic heterocycles. The first-order valence-corrected chi connectivity index (χ1v) is 8.17. The lowest BCUT2D eigenvalue weighted by Gasteiger charge is -2.39. The molecule has 128 valence electrons. The lowest BCUT2D eigenvalue weighted by molar-refractivity contribution is 0.0490. The number of carbonyl (C=O) groups excluding carboxylic acids is 1. The van der Waals surface area contributed by atoms with Crippen molar-refractivity contribution in [2.24, 2.45) is 13.0 Å². The molecule has 1 aliphatic rings. The van der Waals surface area contributed by atoms with Crippen molar-refractivity contribution in [1.29, 1.82) is 0 Å². The van der Waals surface area contributed by atoms with Gasteiger partial charge in [-0.1, -0.05) is 6.07 Å². The largest absolute Gasteiger partial charge is 0.349 e. The van der Waals surface area contributed by atoms with Gasteiger partial charge in [-0.15, -0.1) is 0 Å². The third kappa shape index (κ3) is 2.67. The predicted molar refractivity (Wildman–Crippen MR) is 90.2 cm³/mol. The Kier molecular flexibility index (Phi) is 3.75. The van der Waals surface area contributed by atoms with Gasteiger partial charge in [0, 0.05) is 37.9 Å². The molecule has 1 aliphatic heterocycles. The van der Waals surface area contributed by atoms with E-state index in [9.17, 15) is 13.6 Å². The molecule has 0 saturated carbocycles. The van der Waals surface area contributed by atoms with Crippen LogP contribution in [0.1, 0.15) is 16.1 Å². The summed E-state index contributed by atoms with van der Waals surface area (Å²) in [4.78, 5) is 18.3. The second-order valence-corrected chi connectivity index (χ2v) is 6.50. The number of aromatic nitrogens is 2. The van der Waals surface area contributed by atoms with E-state index in [2.05, 4.69) is 4.98 Å². The van der Waals surface area contributed by atoms with Crippen LogP contribution in [0, 0.1) is 17.6 Å². The van der Waals surface area contributed by atoms with Crippen molar-refractivity contribution >= 4 is 16.8 Å². The minimum Gasteiger partial charge on any atom is -0.349 e. The molecule has 0 spiro atoms. The van der Waals surface area contributed by atoms with Crippen LogP contribution in [0.2, 0.25) is 0 Å². The van der Waals surface area contributed by atoms with Gasteiger partial charge in [0.05, 0.1) is 11.2 Å². The van der Waals surface area contributed by atoms with E-state index in [1.807, 2.05) is 29.9 Å². The average Bonchev–Trinajstić information content (AvgIpc) is 2.92. The van der Waals surface area contributed by atoms with Crippen LogP contribution >= 0.6 is 0 Å². The SMILES string of the molecule is Cn1ccc2ccnc(CC3CN(C(=O)c4c(F)cccc4F)C3)c21. The minimum atomic E-state index is -0.816. The van der Waals surface area contributed by atoms with Gasteiger partial charge < -0.3 is 9.47 Å². The van der Waals surface area contributed by atoms with Crippen molar-refractivity contribution in [3.63, 3.8) is 0 Å². The molecule has 0 N–H and O–H groups in total. The van der Waals surface area contributed by atoms with E-state index in [0.717, 1.165) is 35.2 Å². The van der Waals surface area contributed by atoms with Gasteiger partial charge in [-0.25, -0.2) is 8.78 Å². The maximum Gasteiger partial charge on any atom is 0.259 e.